The van der Waals surface area contributed by atoms with Crippen molar-refractivity contribution in [1.82, 2.24) is 15.5 Å². The molecule has 0 aromatic carbocycles. The fourth-order valence-electron chi connectivity index (χ4n) is 2.79. The van der Waals surface area contributed by atoms with Crippen LogP contribution in [0.5, 0.6) is 0 Å². The van der Waals surface area contributed by atoms with Crippen LogP contribution in [0.25, 0.3) is 11.4 Å². The van der Waals surface area contributed by atoms with Gasteiger partial charge in [0.1, 0.15) is 5.76 Å². The second-order valence-electron chi connectivity index (χ2n) is 5.55. The molecule has 2 aromatic rings. The van der Waals surface area contributed by atoms with E-state index in [4.69, 9.17) is 8.94 Å². The van der Waals surface area contributed by atoms with E-state index in [1.807, 2.05) is 13.0 Å². The zero-order valence-electron chi connectivity index (χ0n) is 11.6. The quantitative estimate of drug-likeness (QED) is 0.919. The molecule has 1 N–H and O–H groups in total. The lowest BCUT2D eigenvalue weighted by Crippen LogP contribution is -2.35. The first kappa shape index (κ1) is 12.4. The summed E-state index contributed by atoms with van der Waals surface area (Å²) in [5, 5.41) is 7.52. The van der Waals surface area contributed by atoms with Gasteiger partial charge in [0.15, 0.2) is 0 Å². The highest BCUT2D eigenvalue weighted by Gasteiger charge is 2.43. The van der Waals surface area contributed by atoms with Gasteiger partial charge in [-0.05, 0) is 31.9 Å². The van der Waals surface area contributed by atoms with Gasteiger partial charge in [0, 0.05) is 6.54 Å². The summed E-state index contributed by atoms with van der Waals surface area (Å²) >= 11 is 0. The molecule has 1 aliphatic rings. The molecule has 102 valence electrons. The highest BCUT2D eigenvalue weighted by Crippen LogP contribution is 2.37. The second kappa shape index (κ2) is 4.49. The first-order chi connectivity index (χ1) is 9.13. The van der Waals surface area contributed by atoms with Crippen molar-refractivity contribution in [3.05, 3.63) is 24.0 Å². The molecule has 19 heavy (non-hydrogen) atoms. The summed E-state index contributed by atoms with van der Waals surface area (Å²) in [6.07, 6.45) is 2.69. The van der Waals surface area contributed by atoms with Gasteiger partial charge < -0.3 is 14.3 Å². The van der Waals surface area contributed by atoms with Gasteiger partial charge in [-0.1, -0.05) is 19.0 Å². The third kappa shape index (κ3) is 1.89. The maximum Gasteiger partial charge on any atom is 0.234 e. The molecular formula is C14H19N3O2. The largest absolute Gasteiger partial charge is 0.469 e. The smallest absolute Gasteiger partial charge is 0.234 e. The zero-order chi connectivity index (χ0) is 13.5. The molecule has 0 spiro atoms. The molecule has 1 unspecified atom stereocenters. The molecule has 1 fully saturated rings. The summed E-state index contributed by atoms with van der Waals surface area (Å²) in [5.74, 6) is 2.63. The first-order valence-corrected chi connectivity index (χ1v) is 6.73. The third-order valence-corrected chi connectivity index (χ3v) is 4.25. The number of hydrogen-bond donors (Lipinski definition) is 1. The molecule has 5 heteroatoms. The molecule has 1 atom stereocenters. The highest BCUT2D eigenvalue weighted by atomic mass is 16.5. The van der Waals surface area contributed by atoms with E-state index in [0.717, 1.165) is 36.7 Å². The minimum Gasteiger partial charge on any atom is -0.469 e. The van der Waals surface area contributed by atoms with Crippen LogP contribution < -0.4 is 5.32 Å². The number of rotatable bonds is 3. The molecular weight excluding hydrogens is 242 g/mol. The van der Waals surface area contributed by atoms with Crippen LogP contribution >= 0.6 is 0 Å². The van der Waals surface area contributed by atoms with Crippen molar-refractivity contribution in [3.63, 3.8) is 0 Å². The minimum atomic E-state index is -0.0388. The Morgan fingerprint density at radius 1 is 1.42 bits per heavy atom. The Morgan fingerprint density at radius 2 is 2.26 bits per heavy atom. The van der Waals surface area contributed by atoms with Crippen molar-refractivity contribution < 1.29 is 8.94 Å². The van der Waals surface area contributed by atoms with Gasteiger partial charge in [-0.15, -0.1) is 0 Å². The third-order valence-electron chi connectivity index (χ3n) is 4.25. The Kier molecular flexibility index (Phi) is 2.93. The average Bonchev–Trinajstić information content (AvgIpc) is 3.07. The lowest BCUT2D eigenvalue weighted by molar-refractivity contribution is 0.234. The monoisotopic (exact) mass is 261 g/mol. The molecule has 3 rings (SSSR count). The van der Waals surface area contributed by atoms with E-state index in [0.29, 0.717) is 11.7 Å². The number of nitrogens with zero attached hydrogens (tertiary/aromatic N) is 2. The van der Waals surface area contributed by atoms with Gasteiger partial charge in [0.2, 0.25) is 11.7 Å². The highest BCUT2D eigenvalue weighted by molar-refractivity contribution is 5.56. The van der Waals surface area contributed by atoms with Crippen LogP contribution in [0.2, 0.25) is 0 Å². The average molecular weight is 261 g/mol. The molecule has 0 aliphatic carbocycles. The van der Waals surface area contributed by atoms with Crippen LogP contribution in [0.1, 0.15) is 31.9 Å². The number of furan rings is 1. The normalized spacial score (nSPS) is 23.4. The molecule has 0 radical (unpaired) electrons. The van der Waals surface area contributed by atoms with Gasteiger partial charge in [-0.2, -0.15) is 4.98 Å². The lowest BCUT2D eigenvalue weighted by atomic mass is 9.76. The van der Waals surface area contributed by atoms with Crippen molar-refractivity contribution in [3.8, 4) is 11.4 Å². The Labute approximate surface area is 112 Å². The fourth-order valence-corrected chi connectivity index (χ4v) is 2.79. The van der Waals surface area contributed by atoms with E-state index in [-0.39, 0.29) is 5.41 Å². The molecule has 0 amide bonds. The molecule has 0 saturated carbocycles. The summed E-state index contributed by atoms with van der Waals surface area (Å²) in [6, 6.07) is 1.87. The van der Waals surface area contributed by atoms with Crippen molar-refractivity contribution in [2.45, 2.75) is 32.6 Å². The Balaban J connectivity index is 1.99. The van der Waals surface area contributed by atoms with Gasteiger partial charge in [-0.25, -0.2) is 0 Å². The Hall–Kier alpha value is -1.62. The number of aryl methyl sites for hydroxylation is 1. The first-order valence-electron chi connectivity index (χ1n) is 6.73. The van der Waals surface area contributed by atoms with E-state index in [2.05, 4.69) is 29.3 Å². The topological polar surface area (TPSA) is 64.1 Å². The molecule has 1 saturated heterocycles. The van der Waals surface area contributed by atoms with E-state index in [1.54, 1.807) is 6.26 Å². The van der Waals surface area contributed by atoms with Crippen molar-refractivity contribution in [2.75, 3.05) is 13.1 Å². The van der Waals surface area contributed by atoms with Crippen molar-refractivity contribution >= 4 is 0 Å². The van der Waals surface area contributed by atoms with Crippen LogP contribution in [0.15, 0.2) is 21.3 Å². The number of hydrogen-bond acceptors (Lipinski definition) is 5. The van der Waals surface area contributed by atoms with Crippen LogP contribution in [-0.2, 0) is 5.41 Å². The second-order valence-corrected chi connectivity index (χ2v) is 5.55. The van der Waals surface area contributed by atoms with E-state index in [1.165, 1.54) is 0 Å². The van der Waals surface area contributed by atoms with Gasteiger partial charge in [0.05, 0.1) is 17.2 Å². The fraction of sp³-hybridized carbons (Fsp3) is 0.571. The minimum absolute atomic E-state index is 0.0388. The van der Waals surface area contributed by atoms with Gasteiger partial charge in [-0.3, -0.25) is 0 Å². The zero-order valence-corrected chi connectivity index (χ0v) is 11.6. The predicted octanol–water partition coefficient (Wildman–Crippen LogP) is 2.53. The summed E-state index contributed by atoms with van der Waals surface area (Å²) in [7, 11) is 0. The number of nitrogens with one attached hydrogen (secondary N) is 1. The maximum absolute atomic E-state index is 5.55. The van der Waals surface area contributed by atoms with E-state index >= 15 is 0 Å². The number of aromatic nitrogens is 2. The SMILES string of the molecule is Cc1occc1-c1noc(C2(C(C)C)CCNC2)n1. The van der Waals surface area contributed by atoms with Crippen LogP contribution in [-0.4, -0.2) is 23.2 Å². The molecule has 1 aliphatic heterocycles. The van der Waals surface area contributed by atoms with Crippen molar-refractivity contribution in [2.24, 2.45) is 5.92 Å². The van der Waals surface area contributed by atoms with Crippen LogP contribution in [0.3, 0.4) is 0 Å². The molecule has 5 nitrogen and oxygen atoms in total. The Morgan fingerprint density at radius 3 is 2.84 bits per heavy atom. The van der Waals surface area contributed by atoms with Crippen LogP contribution in [0, 0.1) is 12.8 Å². The Bertz CT molecular complexity index is 565. The standard InChI is InChI=1S/C14H19N3O2/c1-9(2)14(5-6-15-8-14)13-16-12(17-19-13)11-4-7-18-10(11)3/h4,7,9,15H,5-6,8H2,1-3H3. The lowest BCUT2D eigenvalue weighted by Gasteiger charge is -2.27. The van der Waals surface area contributed by atoms with Gasteiger partial charge in [0.25, 0.3) is 0 Å². The molecule has 2 aromatic heterocycles. The molecule has 3 heterocycles. The van der Waals surface area contributed by atoms with Gasteiger partial charge >= 0.3 is 0 Å². The summed E-state index contributed by atoms with van der Waals surface area (Å²) in [5.41, 5.74) is 0.864. The van der Waals surface area contributed by atoms with Crippen molar-refractivity contribution in [1.29, 1.82) is 0 Å². The summed E-state index contributed by atoms with van der Waals surface area (Å²) in [6.45, 7) is 8.22. The maximum atomic E-state index is 5.55. The summed E-state index contributed by atoms with van der Waals surface area (Å²) in [4.78, 5) is 4.61. The summed E-state index contributed by atoms with van der Waals surface area (Å²) < 4.78 is 10.8. The predicted molar refractivity (Wildman–Crippen MR) is 70.7 cm³/mol. The van der Waals surface area contributed by atoms with Crippen LogP contribution in [0.4, 0.5) is 0 Å². The van der Waals surface area contributed by atoms with E-state index in [9.17, 15) is 0 Å². The van der Waals surface area contributed by atoms with E-state index < -0.39 is 0 Å². The molecule has 0 bridgehead atoms.